The number of nitrogens with zero attached hydrogens (tertiary/aromatic N) is 5. The van der Waals surface area contributed by atoms with E-state index in [-0.39, 0.29) is 24.7 Å². The van der Waals surface area contributed by atoms with E-state index in [0.717, 1.165) is 45.4 Å². The van der Waals surface area contributed by atoms with E-state index in [1.165, 1.54) is 0 Å². The fourth-order valence-electron chi connectivity index (χ4n) is 11.8. The molecule has 284 valence electrons. The lowest BCUT2D eigenvalue weighted by Gasteiger charge is -2.51. The number of nitriles is 1. The summed E-state index contributed by atoms with van der Waals surface area (Å²) in [4.78, 5) is 28.1. The van der Waals surface area contributed by atoms with Crippen LogP contribution in [0.2, 0.25) is 0 Å². The van der Waals surface area contributed by atoms with Crippen LogP contribution < -0.4 is 0 Å². The van der Waals surface area contributed by atoms with Gasteiger partial charge in [0.2, 0.25) is 5.60 Å². The summed E-state index contributed by atoms with van der Waals surface area (Å²) in [5.74, 6) is -1.69. The number of allylic oxidation sites excluding steroid dienone is 2. The number of fused-ring (bicyclic) bond motifs is 8. The molecule has 4 aromatic rings. The largest absolute Gasteiger partial charge is 0.419 e. The number of hydrogen-bond acceptors (Lipinski definition) is 6. The number of ether oxygens (including phenoxy) is 1. The van der Waals surface area contributed by atoms with Crippen LogP contribution >= 0.6 is 0 Å². The van der Waals surface area contributed by atoms with Gasteiger partial charge in [0.15, 0.2) is 11.6 Å². The first-order chi connectivity index (χ1) is 25.9. The van der Waals surface area contributed by atoms with E-state index in [2.05, 4.69) is 6.07 Å². The molecule has 1 aliphatic heterocycles. The standard InChI is InChI=1S/C44H44F3N5O3/c1-39(2)30-19-17-28-33(26-15-11-8-12-16-26)52(50-35(28)42(30,5)38-43(24-48,55-38)37(39)54)22-21-40(3)31-20-18-27-32(25-13-9-7-10-14-25)51(6)49-34(27)41(31,4)23-29(36(40)53)44(45,46)47/h7-16,23,30-31,38H,17-22H2,1-6H3. The molecule has 1 saturated heterocycles. The monoisotopic (exact) mass is 747 g/mol. The number of Topliss-reactive ketones (excluding diaryl/α,β-unsaturated/α-hetero) is 2. The third kappa shape index (κ3) is 4.61. The first kappa shape index (κ1) is 35.9. The van der Waals surface area contributed by atoms with Crippen LogP contribution in [-0.2, 0) is 51.6 Å². The predicted molar refractivity (Wildman–Crippen MR) is 199 cm³/mol. The van der Waals surface area contributed by atoms with E-state index < -0.39 is 56.8 Å². The van der Waals surface area contributed by atoms with Crippen LogP contribution in [0.4, 0.5) is 13.2 Å². The zero-order chi connectivity index (χ0) is 39.1. The van der Waals surface area contributed by atoms with Crippen molar-refractivity contribution in [1.82, 2.24) is 19.6 Å². The van der Waals surface area contributed by atoms with Gasteiger partial charge in [-0.05, 0) is 43.9 Å². The molecule has 3 heterocycles. The summed E-state index contributed by atoms with van der Waals surface area (Å²) in [6, 6.07) is 21.7. The highest BCUT2D eigenvalue weighted by atomic mass is 19.4. The van der Waals surface area contributed by atoms with Crippen molar-refractivity contribution in [3.63, 3.8) is 0 Å². The molecule has 0 bridgehead atoms. The molecule has 2 aromatic carbocycles. The molecular weight excluding hydrogens is 704 g/mol. The molecule has 2 aromatic heterocycles. The summed E-state index contributed by atoms with van der Waals surface area (Å²) in [6.07, 6.45) is -1.84. The maximum Gasteiger partial charge on any atom is 0.419 e. The van der Waals surface area contributed by atoms with Crippen LogP contribution in [-0.4, -0.2) is 49.0 Å². The highest BCUT2D eigenvalue weighted by molar-refractivity contribution is 6.03. The fraction of sp³-hybridized carbons (Fsp3) is 0.477. The van der Waals surface area contributed by atoms with Gasteiger partial charge in [0.05, 0.1) is 28.3 Å². The van der Waals surface area contributed by atoms with Crippen LogP contribution in [0.1, 0.15) is 76.4 Å². The summed E-state index contributed by atoms with van der Waals surface area (Å²) < 4.78 is 54.7. The number of aryl methyl sites for hydroxylation is 2. The van der Waals surface area contributed by atoms with Gasteiger partial charge in [-0.1, -0.05) is 101 Å². The van der Waals surface area contributed by atoms with E-state index in [0.29, 0.717) is 31.4 Å². The number of halogens is 3. The molecule has 9 rings (SSSR count). The molecule has 0 N–H and O–H groups in total. The Balaban J connectivity index is 1.16. The quantitative estimate of drug-likeness (QED) is 0.192. The van der Waals surface area contributed by atoms with Crippen molar-refractivity contribution in [3.05, 3.63) is 94.8 Å². The molecule has 7 unspecified atom stereocenters. The Labute approximate surface area is 318 Å². The average molecular weight is 748 g/mol. The van der Waals surface area contributed by atoms with E-state index in [1.54, 1.807) is 11.6 Å². The third-order valence-electron chi connectivity index (χ3n) is 14.4. The van der Waals surface area contributed by atoms with Gasteiger partial charge in [-0.2, -0.15) is 28.6 Å². The van der Waals surface area contributed by atoms with Crippen molar-refractivity contribution in [2.75, 3.05) is 0 Å². The molecule has 0 amide bonds. The van der Waals surface area contributed by atoms with Crippen molar-refractivity contribution in [1.29, 1.82) is 5.26 Å². The lowest BCUT2D eigenvalue weighted by atomic mass is 9.49. The molecular formula is C44H44F3N5O3. The second-order valence-electron chi connectivity index (χ2n) is 17.6. The van der Waals surface area contributed by atoms with E-state index in [9.17, 15) is 28.0 Å². The Bertz CT molecular complexity index is 2370. The Morgan fingerprint density at radius 2 is 1.44 bits per heavy atom. The van der Waals surface area contributed by atoms with E-state index in [1.807, 2.05) is 100 Å². The summed E-state index contributed by atoms with van der Waals surface area (Å²) in [5, 5.41) is 20.4. The van der Waals surface area contributed by atoms with E-state index >= 15 is 0 Å². The Morgan fingerprint density at radius 3 is 2.04 bits per heavy atom. The Kier molecular flexibility index (Phi) is 7.42. The summed E-state index contributed by atoms with van der Waals surface area (Å²) >= 11 is 0. The first-order valence-electron chi connectivity index (χ1n) is 19.2. The van der Waals surface area contributed by atoms with Crippen molar-refractivity contribution in [2.45, 2.75) is 102 Å². The average Bonchev–Trinajstić information content (AvgIpc) is 3.66. The number of carbonyl (C=O) groups is 2. The minimum absolute atomic E-state index is 0.111. The topological polar surface area (TPSA) is 106 Å². The lowest BCUT2D eigenvalue weighted by Crippen LogP contribution is -2.60. The smallest absolute Gasteiger partial charge is 0.342 e. The van der Waals surface area contributed by atoms with Gasteiger partial charge in [0.1, 0.15) is 12.2 Å². The number of hydrogen-bond donors (Lipinski definition) is 0. The van der Waals surface area contributed by atoms with Gasteiger partial charge in [0.25, 0.3) is 0 Å². The second kappa shape index (κ2) is 11.4. The number of epoxide rings is 1. The number of benzene rings is 2. The summed E-state index contributed by atoms with van der Waals surface area (Å²) in [6.45, 7) is 9.55. The van der Waals surface area contributed by atoms with Crippen LogP contribution in [0.15, 0.2) is 72.3 Å². The van der Waals surface area contributed by atoms with Crippen LogP contribution in [0.3, 0.4) is 0 Å². The minimum atomic E-state index is -4.85. The fourth-order valence-corrected chi connectivity index (χ4v) is 11.8. The molecule has 5 aliphatic rings. The van der Waals surface area contributed by atoms with Gasteiger partial charge in [-0.15, -0.1) is 0 Å². The molecule has 11 heteroatoms. The SMILES string of the molecule is Cn1nc2c(c1-c1ccccc1)CCC1C(C)(CCn3nc4c(c3-c3ccccc3)CCC3C(C)(C)C(=O)C5(C#N)OC5C43C)C(=O)C(C(F)(F)F)=CC21C. The van der Waals surface area contributed by atoms with Crippen molar-refractivity contribution >= 4 is 11.6 Å². The molecule has 4 aliphatic carbocycles. The van der Waals surface area contributed by atoms with Gasteiger partial charge in [-0.25, -0.2) is 0 Å². The molecule has 55 heavy (non-hydrogen) atoms. The second-order valence-corrected chi connectivity index (χ2v) is 17.6. The number of rotatable bonds is 5. The lowest BCUT2D eigenvalue weighted by molar-refractivity contribution is -0.145. The number of ketones is 2. The zero-order valence-corrected chi connectivity index (χ0v) is 31.9. The van der Waals surface area contributed by atoms with Crippen molar-refractivity contribution in [2.24, 2.45) is 29.7 Å². The van der Waals surface area contributed by atoms with Gasteiger partial charge >= 0.3 is 6.18 Å². The molecule has 7 atom stereocenters. The minimum Gasteiger partial charge on any atom is -0.342 e. The summed E-state index contributed by atoms with van der Waals surface area (Å²) in [7, 11) is 1.83. The Hall–Kier alpha value is -4.82. The number of aromatic nitrogens is 4. The third-order valence-corrected chi connectivity index (χ3v) is 14.4. The summed E-state index contributed by atoms with van der Waals surface area (Å²) in [5.41, 5.74) is -0.0114. The molecule has 8 nitrogen and oxygen atoms in total. The van der Waals surface area contributed by atoms with Crippen molar-refractivity contribution < 1.29 is 27.5 Å². The van der Waals surface area contributed by atoms with Gasteiger partial charge in [-0.3, -0.25) is 19.0 Å². The number of carbonyl (C=O) groups excluding carboxylic acids is 2. The van der Waals surface area contributed by atoms with Gasteiger partial charge in [0, 0.05) is 57.5 Å². The highest BCUT2D eigenvalue weighted by Crippen LogP contribution is 2.66. The molecule has 0 spiro atoms. The predicted octanol–water partition coefficient (Wildman–Crippen LogP) is 8.03. The van der Waals surface area contributed by atoms with Crippen LogP contribution in [0, 0.1) is 34.0 Å². The molecule has 0 radical (unpaired) electrons. The van der Waals surface area contributed by atoms with Crippen LogP contribution in [0.25, 0.3) is 22.5 Å². The van der Waals surface area contributed by atoms with Crippen LogP contribution in [0.5, 0.6) is 0 Å². The maximum atomic E-state index is 15.0. The van der Waals surface area contributed by atoms with Crippen molar-refractivity contribution in [3.8, 4) is 28.6 Å². The molecule has 1 saturated carbocycles. The highest BCUT2D eigenvalue weighted by Gasteiger charge is 2.80. The first-order valence-corrected chi connectivity index (χ1v) is 19.2. The molecule has 2 fully saturated rings. The van der Waals surface area contributed by atoms with Gasteiger partial charge < -0.3 is 4.74 Å². The zero-order valence-electron chi connectivity index (χ0n) is 31.9. The normalized spacial score (nSPS) is 33.0. The number of alkyl halides is 3. The van der Waals surface area contributed by atoms with E-state index in [4.69, 9.17) is 14.9 Å². The maximum absolute atomic E-state index is 15.0. The Morgan fingerprint density at radius 1 is 0.855 bits per heavy atom.